The van der Waals surface area contributed by atoms with E-state index in [2.05, 4.69) is 15.6 Å². The molecular formula is C33H35N5O5. The van der Waals surface area contributed by atoms with Crippen LogP contribution in [0.25, 0.3) is 10.8 Å². The van der Waals surface area contributed by atoms with Crippen molar-refractivity contribution in [3.8, 4) is 5.75 Å². The first-order valence-corrected chi connectivity index (χ1v) is 14.2. The first kappa shape index (κ1) is 29.5. The molecule has 0 saturated carbocycles. The molecule has 1 aromatic heterocycles. The normalized spacial score (nSPS) is 17.2. The van der Waals surface area contributed by atoms with E-state index < -0.39 is 12.1 Å². The minimum Gasteiger partial charge on any atom is -0.485 e. The quantitative estimate of drug-likeness (QED) is 0.286. The van der Waals surface area contributed by atoms with Crippen LogP contribution in [0.5, 0.6) is 5.75 Å². The van der Waals surface area contributed by atoms with Crippen LogP contribution in [-0.2, 0) is 0 Å². The molecule has 0 spiro atoms. The molecule has 3 atom stereocenters. The Morgan fingerprint density at radius 3 is 2.49 bits per heavy atom. The number of fused-ring (bicyclic) bond motifs is 2. The Labute approximate surface area is 250 Å². The van der Waals surface area contributed by atoms with E-state index in [9.17, 15) is 19.5 Å². The molecule has 0 saturated heterocycles. The van der Waals surface area contributed by atoms with Crippen LogP contribution >= 0.6 is 0 Å². The Hall–Kier alpha value is -4.96. The van der Waals surface area contributed by atoms with Crippen molar-refractivity contribution in [2.24, 2.45) is 5.92 Å². The Morgan fingerprint density at radius 2 is 1.72 bits per heavy atom. The predicted molar refractivity (Wildman–Crippen MR) is 165 cm³/mol. The number of para-hydroxylation sites is 1. The number of benzene rings is 3. The lowest BCUT2D eigenvalue weighted by atomic mass is 9.99. The van der Waals surface area contributed by atoms with Gasteiger partial charge in [0.15, 0.2) is 5.75 Å². The number of nitrogens with zero attached hydrogens (tertiary/aromatic N) is 3. The number of hydrogen-bond donors (Lipinski definition) is 3. The number of rotatable bonds is 7. The van der Waals surface area contributed by atoms with E-state index in [1.807, 2.05) is 49.4 Å². The molecule has 10 nitrogen and oxygen atoms in total. The number of carbonyl (C=O) groups is 3. The molecular weight excluding hydrogens is 546 g/mol. The van der Waals surface area contributed by atoms with Crippen molar-refractivity contribution in [1.82, 2.24) is 14.8 Å². The number of pyridine rings is 1. The standard InChI is InChI=1S/C33H35N5O5/c1-21-18-38(22(2)20-39)32(41)26-11-7-13-28(35-31(40)24-14-16-34-17-15-24)30(26)43-29(21)19-37(3)33(42)36-27-12-6-9-23-8-4-5-10-25(23)27/h4-17,21-22,29,39H,18-20H2,1-3H3,(H,35,40)(H,36,42)/t21-,22+,29-/m1/s1. The number of ether oxygens (including phenoxy) is 1. The summed E-state index contributed by atoms with van der Waals surface area (Å²) in [7, 11) is 1.69. The topological polar surface area (TPSA) is 124 Å². The number of likely N-dealkylation sites (N-methyl/N-ethyl adjacent to an activating group) is 1. The summed E-state index contributed by atoms with van der Waals surface area (Å²) in [6.07, 6.45) is 2.49. The van der Waals surface area contributed by atoms with Crippen LogP contribution in [0.3, 0.4) is 0 Å². The van der Waals surface area contributed by atoms with E-state index in [-0.39, 0.29) is 48.2 Å². The maximum Gasteiger partial charge on any atom is 0.321 e. The summed E-state index contributed by atoms with van der Waals surface area (Å²) in [5.41, 5.74) is 1.68. The molecule has 3 N–H and O–H groups in total. The second-order valence-corrected chi connectivity index (χ2v) is 10.8. The Bertz CT molecular complexity index is 1620. The minimum absolute atomic E-state index is 0.194. The largest absolute Gasteiger partial charge is 0.485 e. The lowest BCUT2D eigenvalue weighted by Crippen LogP contribution is -2.50. The zero-order chi connectivity index (χ0) is 30.5. The fraction of sp³-hybridized carbons (Fsp3) is 0.273. The highest BCUT2D eigenvalue weighted by Crippen LogP contribution is 2.35. The molecule has 3 aromatic carbocycles. The first-order chi connectivity index (χ1) is 20.8. The van der Waals surface area contributed by atoms with Crippen molar-refractivity contribution in [2.75, 3.05) is 37.4 Å². The zero-order valence-electron chi connectivity index (χ0n) is 24.4. The molecule has 1 aliphatic rings. The summed E-state index contributed by atoms with van der Waals surface area (Å²) in [6.45, 7) is 4.00. The third kappa shape index (κ3) is 6.44. The maximum atomic E-state index is 13.7. The second-order valence-electron chi connectivity index (χ2n) is 10.8. The predicted octanol–water partition coefficient (Wildman–Crippen LogP) is 4.87. The van der Waals surface area contributed by atoms with Gasteiger partial charge in [0, 0.05) is 42.9 Å². The van der Waals surface area contributed by atoms with Gasteiger partial charge in [-0.3, -0.25) is 14.6 Å². The molecule has 5 rings (SSSR count). The Kier molecular flexibility index (Phi) is 8.87. The number of anilines is 2. The number of carbonyl (C=O) groups excluding carboxylic acids is 3. The van der Waals surface area contributed by atoms with E-state index in [1.165, 1.54) is 12.4 Å². The lowest BCUT2D eigenvalue weighted by Gasteiger charge is -2.38. The van der Waals surface area contributed by atoms with Gasteiger partial charge in [-0.1, -0.05) is 49.4 Å². The average molecular weight is 582 g/mol. The number of amides is 4. The zero-order valence-corrected chi connectivity index (χ0v) is 24.4. The highest BCUT2D eigenvalue weighted by molar-refractivity contribution is 6.07. The van der Waals surface area contributed by atoms with Crippen LogP contribution in [0.2, 0.25) is 0 Å². The van der Waals surface area contributed by atoms with Gasteiger partial charge in [0.05, 0.1) is 36.1 Å². The number of aromatic nitrogens is 1. The third-order valence-corrected chi connectivity index (χ3v) is 7.71. The molecule has 4 aromatic rings. The van der Waals surface area contributed by atoms with Gasteiger partial charge in [0.2, 0.25) is 0 Å². The SMILES string of the molecule is C[C@@H]1CN([C@@H](C)CO)C(=O)c2cccc(NC(=O)c3ccncc3)c2O[C@@H]1CN(C)C(=O)Nc1cccc2ccccc12. The summed E-state index contributed by atoms with van der Waals surface area (Å²) in [4.78, 5) is 47.3. The number of urea groups is 1. The van der Waals surface area contributed by atoms with Gasteiger partial charge < -0.3 is 30.3 Å². The molecule has 1 aliphatic heterocycles. The van der Waals surface area contributed by atoms with Crippen molar-refractivity contribution in [1.29, 1.82) is 0 Å². The van der Waals surface area contributed by atoms with Gasteiger partial charge in [-0.15, -0.1) is 0 Å². The molecule has 0 radical (unpaired) electrons. The van der Waals surface area contributed by atoms with Crippen molar-refractivity contribution in [2.45, 2.75) is 26.0 Å². The second kappa shape index (κ2) is 12.9. The summed E-state index contributed by atoms with van der Waals surface area (Å²) < 4.78 is 6.53. The first-order valence-electron chi connectivity index (χ1n) is 14.2. The fourth-order valence-electron chi connectivity index (χ4n) is 5.16. The number of aliphatic hydroxyl groups is 1. The van der Waals surface area contributed by atoms with Crippen LogP contribution in [0.4, 0.5) is 16.2 Å². The van der Waals surface area contributed by atoms with Crippen LogP contribution in [-0.4, -0.2) is 76.6 Å². The van der Waals surface area contributed by atoms with Gasteiger partial charge in [-0.2, -0.15) is 0 Å². The van der Waals surface area contributed by atoms with E-state index in [0.29, 0.717) is 23.5 Å². The average Bonchev–Trinajstić information content (AvgIpc) is 3.03. The summed E-state index contributed by atoms with van der Waals surface area (Å²) >= 11 is 0. The van der Waals surface area contributed by atoms with Crippen LogP contribution in [0.1, 0.15) is 34.6 Å². The molecule has 0 fully saturated rings. The van der Waals surface area contributed by atoms with Crippen molar-refractivity contribution in [3.63, 3.8) is 0 Å². The lowest BCUT2D eigenvalue weighted by molar-refractivity contribution is 0.0372. The third-order valence-electron chi connectivity index (χ3n) is 7.71. The fourth-order valence-corrected chi connectivity index (χ4v) is 5.16. The monoisotopic (exact) mass is 581 g/mol. The van der Waals surface area contributed by atoms with Gasteiger partial charge in [0.25, 0.3) is 11.8 Å². The molecule has 10 heteroatoms. The van der Waals surface area contributed by atoms with Crippen LogP contribution in [0, 0.1) is 5.92 Å². The maximum absolute atomic E-state index is 13.7. The minimum atomic E-state index is -0.553. The van der Waals surface area contributed by atoms with Gasteiger partial charge >= 0.3 is 6.03 Å². The molecule has 43 heavy (non-hydrogen) atoms. The molecule has 4 amide bonds. The van der Waals surface area contributed by atoms with Gasteiger partial charge in [0.1, 0.15) is 6.10 Å². The summed E-state index contributed by atoms with van der Waals surface area (Å²) in [6, 6.07) is 21.0. The number of hydrogen-bond acceptors (Lipinski definition) is 6. The molecule has 0 aliphatic carbocycles. The number of aliphatic hydroxyl groups excluding tert-OH is 1. The van der Waals surface area contributed by atoms with E-state index in [0.717, 1.165) is 10.8 Å². The molecule has 2 heterocycles. The van der Waals surface area contributed by atoms with E-state index in [1.54, 1.807) is 54.1 Å². The molecule has 222 valence electrons. The van der Waals surface area contributed by atoms with Crippen LogP contribution < -0.4 is 15.4 Å². The Balaban J connectivity index is 1.44. The van der Waals surface area contributed by atoms with E-state index >= 15 is 0 Å². The summed E-state index contributed by atoms with van der Waals surface area (Å²) in [5.74, 6) is -0.720. The summed E-state index contributed by atoms with van der Waals surface area (Å²) in [5, 5.41) is 17.8. The molecule has 0 unspecified atom stereocenters. The van der Waals surface area contributed by atoms with Gasteiger partial charge in [-0.05, 0) is 42.6 Å². The van der Waals surface area contributed by atoms with Crippen LogP contribution in [0.15, 0.2) is 85.2 Å². The molecule has 0 bridgehead atoms. The van der Waals surface area contributed by atoms with E-state index in [4.69, 9.17) is 4.74 Å². The highest BCUT2D eigenvalue weighted by atomic mass is 16.5. The highest BCUT2D eigenvalue weighted by Gasteiger charge is 2.35. The van der Waals surface area contributed by atoms with Crippen molar-refractivity contribution < 1.29 is 24.2 Å². The Morgan fingerprint density at radius 1 is 1.02 bits per heavy atom. The van der Waals surface area contributed by atoms with Crippen molar-refractivity contribution in [3.05, 3.63) is 96.3 Å². The smallest absolute Gasteiger partial charge is 0.321 e. The van der Waals surface area contributed by atoms with Gasteiger partial charge in [-0.25, -0.2) is 4.79 Å². The number of nitrogens with one attached hydrogen (secondary N) is 2. The van der Waals surface area contributed by atoms with Crippen molar-refractivity contribution >= 4 is 40.0 Å².